The van der Waals surface area contributed by atoms with Gasteiger partial charge in [0.15, 0.2) is 0 Å². The zero-order chi connectivity index (χ0) is 18.5. The van der Waals surface area contributed by atoms with E-state index in [2.05, 4.69) is 24.5 Å². The van der Waals surface area contributed by atoms with E-state index >= 15 is 0 Å². The van der Waals surface area contributed by atoms with Crippen LogP contribution in [0.2, 0.25) is 0 Å². The number of piperidine rings is 1. The van der Waals surface area contributed by atoms with Crippen molar-refractivity contribution in [1.82, 2.24) is 10.6 Å². The molecule has 4 aliphatic rings. The number of nitrogens with one attached hydrogen (secondary N) is 2. The second-order valence-corrected chi connectivity index (χ2v) is 9.83. The van der Waals surface area contributed by atoms with Crippen molar-refractivity contribution in [3.63, 3.8) is 0 Å². The molecule has 0 aromatic heterocycles. The lowest BCUT2D eigenvalue weighted by Crippen LogP contribution is -2.61. The van der Waals surface area contributed by atoms with Crippen LogP contribution in [0.3, 0.4) is 0 Å². The Bertz CT molecular complexity index is 600. The minimum Gasteiger partial charge on any atom is -0.355 e. The summed E-state index contributed by atoms with van der Waals surface area (Å²) in [4.78, 5) is 24.6. The quantitative estimate of drug-likeness (QED) is 0.684. The molecule has 0 aromatic carbocycles. The molecule has 3 saturated carbocycles. The van der Waals surface area contributed by atoms with Crippen LogP contribution in [0.5, 0.6) is 0 Å². The van der Waals surface area contributed by atoms with Gasteiger partial charge in [-0.05, 0) is 73.5 Å². The third-order valence-corrected chi connectivity index (χ3v) is 8.85. The maximum absolute atomic E-state index is 12.7. The zero-order valence-corrected chi connectivity index (χ0v) is 17.6. The minimum absolute atomic E-state index is 0. The fourth-order valence-corrected chi connectivity index (χ4v) is 7.45. The van der Waals surface area contributed by atoms with E-state index in [1.807, 2.05) is 0 Å². The zero-order valence-electron chi connectivity index (χ0n) is 16.8. The van der Waals surface area contributed by atoms with Gasteiger partial charge in [-0.3, -0.25) is 9.59 Å². The van der Waals surface area contributed by atoms with E-state index in [1.54, 1.807) is 0 Å². The number of fused-ring (bicyclic) bond motifs is 5. The Morgan fingerprint density at radius 2 is 1.85 bits per heavy atom. The van der Waals surface area contributed by atoms with Crippen molar-refractivity contribution >= 4 is 24.2 Å². The molecule has 3 aliphatic carbocycles. The molecule has 1 aliphatic heterocycles. The average molecular weight is 398 g/mol. The Balaban J connectivity index is 0.00000210. The van der Waals surface area contributed by atoms with Gasteiger partial charge in [0.05, 0.1) is 0 Å². The van der Waals surface area contributed by atoms with Crippen molar-refractivity contribution in [2.45, 2.75) is 71.3 Å². The van der Waals surface area contributed by atoms with E-state index < -0.39 is 0 Å². The Morgan fingerprint density at radius 1 is 1.11 bits per heavy atom. The van der Waals surface area contributed by atoms with Gasteiger partial charge in [0.2, 0.25) is 11.8 Å². The van der Waals surface area contributed by atoms with Gasteiger partial charge in [0, 0.05) is 31.5 Å². The molecule has 4 fully saturated rings. The molecule has 4 rings (SSSR count). The molecule has 27 heavy (non-hydrogen) atoms. The van der Waals surface area contributed by atoms with Gasteiger partial charge >= 0.3 is 0 Å². The minimum atomic E-state index is 0. The molecule has 1 saturated heterocycles. The van der Waals surface area contributed by atoms with Crippen LogP contribution in [-0.2, 0) is 9.59 Å². The molecule has 4 unspecified atom stereocenters. The molecule has 4 N–H and O–H groups in total. The molecule has 0 bridgehead atoms. The van der Waals surface area contributed by atoms with Gasteiger partial charge < -0.3 is 16.4 Å². The molecular weight excluding hydrogens is 362 g/mol. The number of hydrogen-bond acceptors (Lipinski definition) is 3. The van der Waals surface area contributed by atoms with Crippen LogP contribution in [0.25, 0.3) is 0 Å². The van der Waals surface area contributed by atoms with E-state index in [1.165, 1.54) is 19.3 Å². The number of rotatable bonds is 3. The average Bonchev–Trinajstić information content (AvgIpc) is 2.97. The predicted molar refractivity (Wildman–Crippen MR) is 108 cm³/mol. The lowest BCUT2D eigenvalue weighted by Gasteiger charge is -2.60. The summed E-state index contributed by atoms with van der Waals surface area (Å²) in [6.07, 6.45) is 8.61. The molecule has 6 heteroatoms. The van der Waals surface area contributed by atoms with E-state index in [-0.39, 0.29) is 41.0 Å². The second kappa shape index (κ2) is 7.55. The molecule has 154 valence electrons. The van der Waals surface area contributed by atoms with Crippen molar-refractivity contribution in [3.8, 4) is 0 Å². The molecule has 5 nitrogen and oxygen atoms in total. The number of carbonyl (C=O) groups excluding carboxylic acids is 2. The first-order valence-electron chi connectivity index (χ1n) is 10.7. The lowest BCUT2D eigenvalue weighted by atomic mass is 9.47. The highest BCUT2D eigenvalue weighted by molar-refractivity contribution is 5.85. The fourth-order valence-electron chi connectivity index (χ4n) is 7.45. The third-order valence-electron chi connectivity index (χ3n) is 8.85. The van der Waals surface area contributed by atoms with E-state index in [0.717, 1.165) is 31.6 Å². The topological polar surface area (TPSA) is 84.2 Å². The largest absolute Gasteiger partial charge is 0.355 e. The monoisotopic (exact) mass is 397 g/mol. The SMILES string of the molecule is C[C@]12CCC3C(CC[C@H]4NC(=O)CC[C@]34C)C1CCC2C(=O)NCCN.Cl. The Hall–Kier alpha value is -0.810. The van der Waals surface area contributed by atoms with Crippen LogP contribution in [0.4, 0.5) is 0 Å². The second-order valence-electron chi connectivity index (χ2n) is 9.83. The van der Waals surface area contributed by atoms with Crippen molar-refractivity contribution in [3.05, 3.63) is 0 Å². The summed E-state index contributed by atoms with van der Waals surface area (Å²) >= 11 is 0. The van der Waals surface area contributed by atoms with E-state index in [0.29, 0.717) is 37.4 Å². The molecule has 2 amide bonds. The summed E-state index contributed by atoms with van der Waals surface area (Å²) in [5, 5.41) is 6.35. The summed E-state index contributed by atoms with van der Waals surface area (Å²) < 4.78 is 0. The maximum atomic E-state index is 12.7. The van der Waals surface area contributed by atoms with Crippen LogP contribution >= 0.6 is 12.4 Å². The van der Waals surface area contributed by atoms with Crippen molar-refractivity contribution in [2.75, 3.05) is 13.1 Å². The third kappa shape index (κ3) is 3.19. The normalized spacial score (nSPS) is 45.6. The van der Waals surface area contributed by atoms with Gasteiger partial charge in [-0.25, -0.2) is 0 Å². The highest BCUT2D eigenvalue weighted by atomic mass is 35.5. The van der Waals surface area contributed by atoms with Crippen LogP contribution in [0, 0.1) is 34.5 Å². The van der Waals surface area contributed by atoms with Gasteiger partial charge in [-0.15, -0.1) is 12.4 Å². The predicted octanol–water partition coefficient (Wildman–Crippen LogP) is 2.62. The Morgan fingerprint density at radius 3 is 2.59 bits per heavy atom. The summed E-state index contributed by atoms with van der Waals surface area (Å²) in [5.74, 6) is 2.69. The maximum Gasteiger partial charge on any atom is 0.223 e. The van der Waals surface area contributed by atoms with Gasteiger partial charge in [-0.1, -0.05) is 13.8 Å². The number of hydrogen-bond donors (Lipinski definition) is 3. The number of amides is 2. The summed E-state index contributed by atoms with van der Waals surface area (Å²) in [7, 11) is 0. The first kappa shape index (κ1) is 20.9. The molecule has 7 atom stereocenters. The van der Waals surface area contributed by atoms with Gasteiger partial charge in [0.1, 0.15) is 0 Å². The van der Waals surface area contributed by atoms with Crippen LogP contribution < -0.4 is 16.4 Å². The highest BCUT2D eigenvalue weighted by Gasteiger charge is 2.61. The standard InChI is InChI=1S/C21H35N3O2.ClH/c1-20-9-7-15-13(3-6-17-21(15,2)10-8-18(25)24-17)14(20)4-5-16(20)19(26)23-12-11-22;/h13-17H,3-12,22H2,1-2H3,(H,23,26)(H,24,25);1H/t13?,14?,15?,16?,17-,20+,21-;/m1./s1. The fraction of sp³-hybridized carbons (Fsp3) is 0.905. The molecule has 0 aromatic rings. The van der Waals surface area contributed by atoms with Crippen molar-refractivity contribution in [1.29, 1.82) is 0 Å². The van der Waals surface area contributed by atoms with E-state index in [4.69, 9.17) is 5.73 Å². The van der Waals surface area contributed by atoms with Crippen LogP contribution in [-0.4, -0.2) is 30.9 Å². The van der Waals surface area contributed by atoms with Gasteiger partial charge in [-0.2, -0.15) is 0 Å². The molecule has 1 heterocycles. The summed E-state index contributed by atoms with van der Waals surface area (Å²) in [6.45, 7) is 5.90. The van der Waals surface area contributed by atoms with Gasteiger partial charge in [0.25, 0.3) is 0 Å². The van der Waals surface area contributed by atoms with Crippen molar-refractivity contribution < 1.29 is 9.59 Å². The number of halogens is 1. The van der Waals surface area contributed by atoms with Crippen molar-refractivity contribution in [2.24, 2.45) is 40.2 Å². The Kier molecular flexibility index (Phi) is 5.85. The summed E-state index contributed by atoms with van der Waals surface area (Å²) in [5.41, 5.74) is 5.96. The lowest BCUT2D eigenvalue weighted by molar-refractivity contribution is -0.141. The summed E-state index contributed by atoms with van der Waals surface area (Å²) in [6, 6.07) is 0.361. The molecule has 0 radical (unpaired) electrons. The highest BCUT2D eigenvalue weighted by Crippen LogP contribution is 2.65. The van der Waals surface area contributed by atoms with Crippen LogP contribution in [0.15, 0.2) is 0 Å². The first-order valence-corrected chi connectivity index (χ1v) is 10.7. The van der Waals surface area contributed by atoms with E-state index in [9.17, 15) is 9.59 Å². The van der Waals surface area contributed by atoms with Crippen LogP contribution in [0.1, 0.15) is 65.2 Å². The number of nitrogens with two attached hydrogens (primary N) is 1. The molecular formula is C21H36ClN3O2. The first-order chi connectivity index (χ1) is 12.4. The number of carbonyl (C=O) groups is 2. The molecule has 0 spiro atoms. The Labute approximate surface area is 169 Å². The smallest absolute Gasteiger partial charge is 0.223 e.